The number of pyridine rings is 1. The number of aromatic nitrogens is 1. The second kappa shape index (κ2) is 8.60. The van der Waals surface area contributed by atoms with Crippen molar-refractivity contribution < 1.29 is 13.9 Å². The van der Waals surface area contributed by atoms with Crippen molar-refractivity contribution in [1.82, 2.24) is 9.88 Å². The Kier molecular flexibility index (Phi) is 5.91. The molecular formula is C25H30N2O3. The summed E-state index contributed by atoms with van der Waals surface area (Å²) < 4.78 is 11.1. The van der Waals surface area contributed by atoms with Crippen molar-refractivity contribution in [2.75, 3.05) is 13.1 Å². The maximum atomic E-state index is 12.1. The quantitative estimate of drug-likeness (QED) is 0.528. The molecule has 0 unspecified atom stereocenters. The third-order valence-corrected chi connectivity index (χ3v) is 5.60. The van der Waals surface area contributed by atoms with Gasteiger partial charge in [0.05, 0.1) is 6.26 Å². The van der Waals surface area contributed by atoms with Crippen LogP contribution in [-0.4, -0.2) is 34.5 Å². The number of hydrogen-bond donors (Lipinski definition) is 0. The molecule has 4 rings (SSSR count). The van der Waals surface area contributed by atoms with Gasteiger partial charge >= 0.3 is 5.97 Å². The zero-order valence-electron chi connectivity index (χ0n) is 18.1. The van der Waals surface area contributed by atoms with Crippen LogP contribution in [0, 0.1) is 5.92 Å². The van der Waals surface area contributed by atoms with Crippen LogP contribution in [-0.2, 0) is 16.1 Å². The Hall–Kier alpha value is -2.66. The monoisotopic (exact) mass is 406 g/mol. The number of fused-ring (bicyclic) bond motifs is 1. The van der Waals surface area contributed by atoms with E-state index in [0.717, 1.165) is 54.6 Å². The van der Waals surface area contributed by atoms with Gasteiger partial charge in [0, 0.05) is 36.3 Å². The van der Waals surface area contributed by atoms with Crippen molar-refractivity contribution in [3.05, 3.63) is 54.6 Å². The minimum absolute atomic E-state index is 0.0745. The highest BCUT2D eigenvalue weighted by Crippen LogP contribution is 2.30. The first kappa shape index (κ1) is 20.6. The van der Waals surface area contributed by atoms with Gasteiger partial charge in [-0.1, -0.05) is 12.1 Å². The standard InChI is InChI=1S/C25H30N2O3/c1-25(2,3)30-24(28)14-18-8-10-27(11-9-18)17-19-6-7-20-15-26-16-22(21(20)13-19)23-5-4-12-29-23/h4-7,12-13,15-16,18H,8-11,14,17H2,1-3H3. The first-order valence-corrected chi connectivity index (χ1v) is 10.7. The van der Waals surface area contributed by atoms with Crippen LogP contribution < -0.4 is 0 Å². The van der Waals surface area contributed by atoms with E-state index in [0.29, 0.717) is 12.3 Å². The van der Waals surface area contributed by atoms with E-state index < -0.39 is 5.60 Å². The van der Waals surface area contributed by atoms with Crippen molar-refractivity contribution in [3.63, 3.8) is 0 Å². The zero-order valence-corrected chi connectivity index (χ0v) is 18.1. The molecule has 1 aliphatic rings. The minimum atomic E-state index is -0.405. The molecule has 1 fully saturated rings. The van der Waals surface area contributed by atoms with Crippen LogP contribution in [0.2, 0.25) is 0 Å². The van der Waals surface area contributed by atoms with Crippen LogP contribution in [0.3, 0.4) is 0 Å². The number of likely N-dealkylation sites (tertiary alicyclic amines) is 1. The van der Waals surface area contributed by atoms with Crippen LogP contribution in [0.25, 0.3) is 22.1 Å². The predicted octanol–water partition coefficient (Wildman–Crippen LogP) is 5.44. The second-order valence-electron chi connectivity index (χ2n) is 9.23. The van der Waals surface area contributed by atoms with Crippen molar-refractivity contribution >= 4 is 16.7 Å². The van der Waals surface area contributed by atoms with E-state index in [2.05, 4.69) is 28.1 Å². The number of carbonyl (C=O) groups is 1. The van der Waals surface area contributed by atoms with Gasteiger partial charge in [-0.15, -0.1) is 0 Å². The smallest absolute Gasteiger partial charge is 0.306 e. The van der Waals surface area contributed by atoms with Crippen molar-refractivity contribution in [2.24, 2.45) is 5.92 Å². The highest BCUT2D eigenvalue weighted by molar-refractivity contribution is 5.94. The fourth-order valence-corrected chi connectivity index (χ4v) is 4.16. The van der Waals surface area contributed by atoms with Gasteiger partial charge in [0.2, 0.25) is 0 Å². The molecule has 5 heteroatoms. The van der Waals surface area contributed by atoms with Gasteiger partial charge < -0.3 is 9.15 Å². The lowest BCUT2D eigenvalue weighted by Gasteiger charge is -2.32. The van der Waals surface area contributed by atoms with Gasteiger partial charge in [-0.05, 0) is 81.8 Å². The maximum Gasteiger partial charge on any atom is 0.306 e. The average molecular weight is 407 g/mol. The molecule has 3 aromatic rings. The summed E-state index contributed by atoms with van der Waals surface area (Å²) in [6.45, 7) is 8.69. The molecule has 1 aromatic carbocycles. The van der Waals surface area contributed by atoms with Crippen LogP contribution in [0.5, 0.6) is 0 Å². The summed E-state index contributed by atoms with van der Waals surface area (Å²) in [5.74, 6) is 1.19. The molecule has 5 nitrogen and oxygen atoms in total. The van der Waals surface area contributed by atoms with Crippen molar-refractivity contribution in [3.8, 4) is 11.3 Å². The average Bonchev–Trinajstić information content (AvgIpc) is 3.22. The van der Waals surface area contributed by atoms with Gasteiger partial charge in [0.25, 0.3) is 0 Å². The van der Waals surface area contributed by atoms with Crippen molar-refractivity contribution in [2.45, 2.75) is 52.2 Å². The van der Waals surface area contributed by atoms with E-state index >= 15 is 0 Å². The van der Waals surface area contributed by atoms with Crippen LogP contribution in [0.1, 0.15) is 45.6 Å². The molecule has 1 saturated heterocycles. The summed E-state index contributed by atoms with van der Waals surface area (Å²) >= 11 is 0. The summed E-state index contributed by atoms with van der Waals surface area (Å²) in [6, 6.07) is 10.4. The molecule has 0 atom stereocenters. The first-order chi connectivity index (χ1) is 14.4. The zero-order chi connectivity index (χ0) is 21.1. The van der Waals surface area contributed by atoms with Gasteiger partial charge in [-0.25, -0.2) is 0 Å². The van der Waals surface area contributed by atoms with E-state index in [-0.39, 0.29) is 5.97 Å². The lowest BCUT2D eigenvalue weighted by Crippen LogP contribution is -2.34. The predicted molar refractivity (Wildman–Crippen MR) is 118 cm³/mol. The number of furan rings is 1. The van der Waals surface area contributed by atoms with E-state index in [9.17, 15) is 4.79 Å². The Morgan fingerprint density at radius 1 is 1.20 bits per heavy atom. The Morgan fingerprint density at radius 3 is 2.70 bits per heavy atom. The molecule has 2 aromatic heterocycles. The van der Waals surface area contributed by atoms with Crippen LogP contribution in [0.15, 0.2) is 53.4 Å². The number of rotatable bonds is 5. The largest absolute Gasteiger partial charge is 0.464 e. The molecule has 30 heavy (non-hydrogen) atoms. The lowest BCUT2D eigenvalue weighted by molar-refractivity contribution is -0.156. The van der Waals surface area contributed by atoms with E-state index in [1.54, 1.807) is 6.26 Å². The fraction of sp³-hybridized carbons (Fsp3) is 0.440. The molecule has 0 spiro atoms. The summed E-state index contributed by atoms with van der Waals surface area (Å²) in [6.07, 6.45) is 8.06. The molecule has 1 aliphatic heterocycles. The summed E-state index contributed by atoms with van der Waals surface area (Å²) in [7, 11) is 0. The molecule has 0 radical (unpaired) electrons. The SMILES string of the molecule is CC(C)(C)OC(=O)CC1CCN(Cc2ccc3cncc(-c4ccco4)c3c2)CC1. The van der Waals surface area contributed by atoms with Crippen molar-refractivity contribution in [1.29, 1.82) is 0 Å². The molecule has 0 bridgehead atoms. The number of carbonyl (C=O) groups excluding carboxylic acids is 1. The third kappa shape index (κ3) is 5.08. The van der Waals surface area contributed by atoms with E-state index in [4.69, 9.17) is 9.15 Å². The van der Waals surface area contributed by atoms with Gasteiger partial charge in [-0.3, -0.25) is 14.7 Å². The highest BCUT2D eigenvalue weighted by Gasteiger charge is 2.24. The Morgan fingerprint density at radius 2 is 2.00 bits per heavy atom. The number of esters is 1. The van der Waals surface area contributed by atoms with Gasteiger partial charge in [0.1, 0.15) is 11.4 Å². The van der Waals surface area contributed by atoms with Crippen LogP contribution in [0.4, 0.5) is 0 Å². The summed E-state index contributed by atoms with van der Waals surface area (Å²) in [5.41, 5.74) is 1.90. The number of benzene rings is 1. The fourth-order valence-electron chi connectivity index (χ4n) is 4.16. The van der Waals surface area contributed by atoms with Gasteiger partial charge in [0.15, 0.2) is 0 Å². The molecular weight excluding hydrogens is 376 g/mol. The summed E-state index contributed by atoms with van der Waals surface area (Å²) in [5, 5.41) is 2.28. The molecule has 0 amide bonds. The second-order valence-corrected chi connectivity index (χ2v) is 9.23. The number of ether oxygens (including phenoxy) is 1. The minimum Gasteiger partial charge on any atom is -0.464 e. The number of hydrogen-bond acceptors (Lipinski definition) is 5. The Balaban J connectivity index is 1.39. The van der Waals surface area contributed by atoms with Gasteiger partial charge in [-0.2, -0.15) is 0 Å². The molecule has 158 valence electrons. The Labute approximate surface area is 178 Å². The molecule has 0 saturated carbocycles. The molecule has 3 heterocycles. The Bertz CT molecular complexity index is 997. The van der Waals surface area contributed by atoms with E-state index in [1.165, 1.54) is 5.56 Å². The normalized spacial score (nSPS) is 16.1. The van der Waals surface area contributed by atoms with E-state index in [1.807, 2.05) is 45.3 Å². The summed E-state index contributed by atoms with van der Waals surface area (Å²) in [4.78, 5) is 18.9. The number of piperidine rings is 1. The molecule has 0 aliphatic carbocycles. The lowest BCUT2D eigenvalue weighted by atomic mass is 9.93. The maximum absolute atomic E-state index is 12.1. The highest BCUT2D eigenvalue weighted by atomic mass is 16.6. The van der Waals surface area contributed by atoms with Crippen LogP contribution >= 0.6 is 0 Å². The third-order valence-electron chi connectivity index (χ3n) is 5.60. The molecule has 0 N–H and O–H groups in total. The first-order valence-electron chi connectivity index (χ1n) is 10.7. The number of nitrogens with zero attached hydrogens (tertiary/aromatic N) is 2. The topological polar surface area (TPSA) is 55.6 Å².